The molecule has 1 aliphatic rings. The highest BCUT2D eigenvalue weighted by molar-refractivity contribution is 7.91. The topological polar surface area (TPSA) is 63.6 Å². The van der Waals surface area contributed by atoms with Gasteiger partial charge in [0, 0.05) is 12.7 Å². The molecule has 4 nitrogen and oxygen atoms in total. The molecule has 2 unspecified atom stereocenters. The van der Waals surface area contributed by atoms with Crippen molar-refractivity contribution in [3.8, 4) is 5.75 Å². The minimum Gasteiger partial charge on any atom is -0.489 e. The van der Waals surface area contributed by atoms with E-state index >= 15 is 0 Å². The molecule has 0 amide bonds. The van der Waals surface area contributed by atoms with E-state index in [0.29, 0.717) is 23.6 Å². The largest absolute Gasteiger partial charge is 0.489 e. The lowest BCUT2D eigenvalue weighted by atomic mass is 9.97. The molecular weight excluding hydrogens is 300 g/mol. The summed E-state index contributed by atoms with van der Waals surface area (Å²) in [5, 5.41) is 9.15. The van der Waals surface area contributed by atoms with E-state index < -0.39 is 9.84 Å². The number of benzene rings is 1. The van der Waals surface area contributed by atoms with Crippen LogP contribution in [0, 0.1) is 0 Å². The molecular formula is C14H19ClO4S. The first kappa shape index (κ1) is 15.6. The molecule has 6 heteroatoms. The third kappa shape index (κ3) is 3.87. The molecule has 0 aliphatic heterocycles. The molecule has 1 aromatic rings. The second kappa shape index (κ2) is 6.33. The van der Waals surface area contributed by atoms with Crippen LogP contribution in [0.3, 0.4) is 0 Å². The maximum Gasteiger partial charge on any atom is 0.150 e. The summed E-state index contributed by atoms with van der Waals surface area (Å²) in [6, 6.07) is 5.13. The maximum atomic E-state index is 11.6. The number of rotatable bonds is 4. The van der Waals surface area contributed by atoms with Crippen molar-refractivity contribution < 1.29 is 18.3 Å². The zero-order valence-corrected chi connectivity index (χ0v) is 13.0. The van der Waals surface area contributed by atoms with Gasteiger partial charge in [0.05, 0.1) is 16.9 Å². The number of ether oxygens (including phenoxy) is 1. The highest BCUT2D eigenvalue weighted by atomic mass is 35.5. The first-order valence-electron chi connectivity index (χ1n) is 6.65. The summed E-state index contributed by atoms with van der Waals surface area (Å²) in [7, 11) is -3.02. The first-order chi connectivity index (χ1) is 9.40. The van der Waals surface area contributed by atoms with Gasteiger partial charge in [0.2, 0.25) is 0 Å². The predicted molar refractivity (Wildman–Crippen MR) is 78.9 cm³/mol. The third-order valence-corrected chi connectivity index (χ3v) is 5.59. The lowest BCUT2D eigenvalue weighted by Gasteiger charge is -2.28. The van der Waals surface area contributed by atoms with Crippen LogP contribution < -0.4 is 4.74 Å². The van der Waals surface area contributed by atoms with Crippen molar-refractivity contribution in [1.29, 1.82) is 0 Å². The van der Waals surface area contributed by atoms with Gasteiger partial charge in [-0.15, -0.1) is 0 Å². The second-order valence-electron chi connectivity index (χ2n) is 5.28. The van der Waals surface area contributed by atoms with Crippen LogP contribution in [0.15, 0.2) is 18.2 Å². The summed E-state index contributed by atoms with van der Waals surface area (Å²) < 4.78 is 29.1. The Morgan fingerprint density at radius 3 is 2.75 bits per heavy atom. The fraction of sp³-hybridized carbons (Fsp3) is 0.571. The SMILES string of the molecule is CS(=O)(=O)C1CCCC(Oc2ccc(CO)cc2Cl)C1. The van der Waals surface area contributed by atoms with Crippen molar-refractivity contribution >= 4 is 21.4 Å². The highest BCUT2D eigenvalue weighted by Gasteiger charge is 2.30. The monoisotopic (exact) mass is 318 g/mol. The molecule has 0 aromatic heterocycles. The molecule has 20 heavy (non-hydrogen) atoms. The fourth-order valence-electron chi connectivity index (χ4n) is 2.52. The van der Waals surface area contributed by atoms with E-state index in [1.165, 1.54) is 6.26 Å². The average molecular weight is 319 g/mol. The van der Waals surface area contributed by atoms with E-state index in [0.717, 1.165) is 18.4 Å². The van der Waals surface area contributed by atoms with Gasteiger partial charge in [-0.1, -0.05) is 17.7 Å². The van der Waals surface area contributed by atoms with Crippen LogP contribution in [-0.4, -0.2) is 31.1 Å². The molecule has 0 spiro atoms. The van der Waals surface area contributed by atoms with Crippen LogP contribution >= 0.6 is 11.6 Å². The minimum atomic E-state index is -3.02. The van der Waals surface area contributed by atoms with Crippen LogP contribution in [0.25, 0.3) is 0 Å². The number of aliphatic hydroxyl groups is 1. The number of sulfone groups is 1. The van der Waals surface area contributed by atoms with Gasteiger partial charge in [-0.05, 0) is 37.0 Å². The van der Waals surface area contributed by atoms with E-state index in [2.05, 4.69) is 0 Å². The van der Waals surface area contributed by atoms with Crippen molar-refractivity contribution in [3.63, 3.8) is 0 Å². The molecule has 0 radical (unpaired) electrons. The van der Waals surface area contributed by atoms with Gasteiger partial charge in [0.15, 0.2) is 0 Å². The zero-order valence-electron chi connectivity index (χ0n) is 11.4. The maximum absolute atomic E-state index is 11.6. The standard InChI is InChI=1S/C14H19ClO4S/c1-20(17,18)12-4-2-3-11(8-12)19-14-6-5-10(9-16)7-13(14)15/h5-7,11-12,16H,2-4,8-9H2,1H3. The second-order valence-corrected chi connectivity index (χ2v) is 8.01. The van der Waals surface area contributed by atoms with Crippen molar-refractivity contribution in [2.75, 3.05) is 6.26 Å². The quantitative estimate of drug-likeness (QED) is 0.926. The molecule has 0 saturated heterocycles. The molecule has 1 aliphatic carbocycles. The van der Waals surface area contributed by atoms with Crippen molar-refractivity contribution in [2.24, 2.45) is 0 Å². The molecule has 1 N–H and O–H groups in total. The van der Waals surface area contributed by atoms with E-state index in [1.807, 2.05) is 0 Å². The molecule has 2 atom stereocenters. The van der Waals surface area contributed by atoms with Gasteiger partial charge in [0.1, 0.15) is 21.7 Å². The number of aliphatic hydroxyl groups excluding tert-OH is 1. The highest BCUT2D eigenvalue weighted by Crippen LogP contribution is 2.31. The molecule has 1 fully saturated rings. The van der Waals surface area contributed by atoms with Crippen LogP contribution in [0.5, 0.6) is 5.75 Å². The molecule has 0 heterocycles. The minimum absolute atomic E-state index is 0.0699. The molecule has 0 bridgehead atoms. The van der Waals surface area contributed by atoms with E-state index in [-0.39, 0.29) is 18.0 Å². The van der Waals surface area contributed by atoms with Crippen LogP contribution in [0.1, 0.15) is 31.2 Å². The van der Waals surface area contributed by atoms with E-state index in [4.69, 9.17) is 21.4 Å². The van der Waals surface area contributed by atoms with Crippen LogP contribution in [-0.2, 0) is 16.4 Å². The lowest BCUT2D eigenvalue weighted by Crippen LogP contribution is -2.33. The Labute approximate surface area is 124 Å². The Hall–Kier alpha value is -0.780. The predicted octanol–water partition coefficient (Wildman–Crippen LogP) is 2.57. The Morgan fingerprint density at radius 2 is 2.15 bits per heavy atom. The Kier molecular flexibility index (Phi) is 4.94. The normalized spacial score (nSPS) is 23.6. The molecule has 2 rings (SSSR count). The number of hydrogen-bond donors (Lipinski definition) is 1. The van der Waals surface area contributed by atoms with E-state index in [1.54, 1.807) is 18.2 Å². The summed E-state index contributed by atoms with van der Waals surface area (Å²) >= 11 is 6.10. The summed E-state index contributed by atoms with van der Waals surface area (Å²) in [5.74, 6) is 0.544. The van der Waals surface area contributed by atoms with Crippen molar-refractivity contribution in [1.82, 2.24) is 0 Å². The number of halogens is 1. The Balaban J connectivity index is 2.06. The summed E-state index contributed by atoms with van der Waals surface area (Å²) in [4.78, 5) is 0. The van der Waals surface area contributed by atoms with Crippen molar-refractivity contribution in [2.45, 2.75) is 43.6 Å². The Bertz CT molecular complexity index is 571. The molecule has 112 valence electrons. The van der Waals surface area contributed by atoms with Crippen molar-refractivity contribution in [3.05, 3.63) is 28.8 Å². The van der Waals surface area contributed by atoms with Gasteiger partial charge in [-0.25, -0.2) is 8.42 Å². The molecule has 1 aromatic carbocycles. The Morgan fingerprint density at radius 1 is 1.40 bits per heavy atom. The average Bonchev–Trinajstić information content (AvgIpc) is 2.40. The summed E-state index contributed by atoms with van der Waals surface area (Å²) in [6.45, 7) is -0.0699. The van der Waals surface area contributed by atoms with Gasteiger partial charge >= 0.3 is 0 Å². The van der Waals surface area contributed by atoms with Crippen LogP contribution in [0.2, 0.25) is 5.02 Å². The van der Waals surface area contributed by atoms with E-state index in [9.17, 15) is 8.42 Å². The summed E-state index contributed by atoms with van der Waals surface area (Å²) in [5.41, 5.74) is 0.722. The van der Waals surface area contributed by atoms with Gasteiger partial charge in [0.25, 0.3) is 0 Å². The number of hydrogen-bond acceptors (Lipinski definition) is 4. The third-order valence-electron chi connectivity index (χ3n) is 3.66. The molecule has 1 saturated carbocycles. The van der Waals surface area contributed by atoms with Gasteiger partial charge in [-0.2, -0.15) is 0 Å². The van der Waals surface area contributed by atoms with Crippen LogP contribution in [0.4, 0.5) is 0 Å². The summed E-state index contributed by atoms with van der Waals surface area (Å²) in [6.07, 6.45) is 4.05. The zero-order chi connectivity index (χ0) is 14.8. The first-order valence-corrected chi connectivity index (χ1v) is 8.98. The van der Waals surface area contributed by atoms with Gasteiger partial charge < -0.3 is 9.84 Å². The smallest absolute Gasteiger partial charge is 0.150 e. The van der Waals surface area contributed by atoms with Gasteiger partial charge in [-0.3, -0.25) is 0 Å². The fourth-order valence-corrected chi connectivity index (χ4v) is 3.92. The lowest BCUT2D eigenvalue weighted by molar-refractivity contribution is 0.156.